The first-order chi connectivity index (χ1) is 11.4. The van der Waals surface area contributed by atoms with Gasteiger partial charge in [-0.25, -0.2) is 0 Å². The first-order valence-corrected chi connectivity index (χ1v) is 9.62. The fraction of sp³-hybridized carbons (Fsp3) is 0.455. The fourth-order valence-corrected chi connectivity index (χ4v) is 2.63. The standard InChI is InChI=1S/C10H12Cl2.C10H14.C2H6/c1-7(2)6-8-4-3-5-9(11)10(8)12;1-9(2)8-10-6-4-3-5-7-10;1-2/h3-5,7H,6H2,1-2H3;3-7,9H,8H2,1-2H3;1-2H3. The summed E-state index contributed by atoms with van der Waals surface area (Å²) in [6, 6.07) is 16.4. The lowest BCUT2D eigenvalue weighted by Crippen LogP contribution is -1.94. The molecule has 0 amide bonds. The monoisotopic (exact) mass is 366 g/mol. The van der Waals surface area contributed by atoms with Crippen LogP contribution in [0, 0.1) is 11.8 Å². The first-order valence-electron chi connectivity index (χ1n) is 8.87. The van der Waals surface area contributed by atoms with Crippen LogP contribution >= 0.6 is 23.2 Å². The summed E-state index contributed by atoms with van der Waals surface area (Å²) < 4.78 is 0. The molecule has 0 saturated carbocycles. The Kier molecular flexibility index (Phi) is 12.8. The Morgan fingerprint density at radius 3 is 1.75 bits per heavy atom. The van der Waals surface area contributed by atoms with Crippen LogP contribution in [0.25, 0.3) is 0 Å². The molecule has 2 heteroatoms. The van der Waals surface area contributed by atoms with Crippen molar-refractivity contribution in [2.75, 3.05) is 0 Å². The minimum Gasteiger partial charge on any atom is -0.0827 e. The second kappa shape index (κ2) is 13.3. The van der Waals surface area contributed by atoms with Crippen molar-refractivity contribution in [2.24, 2.45) is 11.8 Å². The van der Waals surface area contributed by atoms with E-state index in [0.29, 0.717) is 16.0 Å². The Labute approximate surface area is 159 Å². The molecule has 0 heterocycles. The Hall–Kier alpha value is -0.980. The van der Waals surface area contributed by atoms with Gasteiger partial charge in [-0.2, -0.15) is 0 Å². The predicted molar refractivity (Wildman–Crippen MR) is 111 cm³/mol. The van der Waals surface area contributed by atoms with Gasteiger partial charge in [-0.1, -0.05) is 107 Å². The van der Waals surface area contributed by atoms with Gasteiger partial charge in [-0.3, -0.25) is 0 Å². The van der Waals surface area contributed by atoms with E-state index >= 15 is 0 Å². The predicted octanol–water partition coefficient (Wildman–Crippen LogP) is 8.10. The molecule has 0 nitrogen and oxygen atoms in total. The van der Waals surface area contributed by atoms with Gasteiger partial charge in [0, 0.05) is 0 Å². The van der Waals surface area contributed by atoms with Crippen molar-refractivity contribution in [3.63, 3.8) is 0 Å². The molecule has 0 aliphatic heterocycles. The van der Waals surface area contributed by atoms with E-state index in [0.717, 1.165) is 17.9 Å². The highest BCUT2D eigenvalue weighted by atomic mass is 35.5. The molecule has 0 fully saturated rings. The average Bonchev–Trinajstić information content (AvgIpc) is 2.54. The molecule has 0 N–H and O–H groups in total. The summed E-state index contributed by atoms with van der Waals surface area (Å²) in [4.78, 5) is 0. The van der Waals surface area contributed by atoms with Crippen molar-refractivity contribution in [3.05, 3.63) is 69.7 Å². The summed E-state index contributed by atoms with van der Waals surface area (Å²) in [6.07, 6.45) is 2.18. The third-order valence-electron chi connectivity index (χ3n) is 3.15. The lowest BCUT2D eigenvalue weighted by Gasteiger charge is -2.07. The van der Waals surface area contributed by atoms with E-state index in [2.05, 4.69) is 58.0 Å². The van der Waals surface area contributed by atoms with E-state index < -0.39 is 0 Å². The zero-order chi connectivity index (χ0) is 18.5. The molecule has 0 aliphatic carbocycles. The highest BCUT2D eigenvalue weighted by Gasteiger charge is 2.05. The summed E-state index contributed by atoms with van der Waals surface area (Å²) in [5.41, 5.74) is 2.58. The van der Waals surface area contributed by atoms with Gasteiger partial charge in [0.2, 0.25) is 0 Å². The minimum atomic E-state index is 0.612. The molecular weight excluding hydrogens is 335 g/mol. The molecule has 24 heavy (non-hydrogen) atoms. The summed E-state index contributed by atoms with van der Waals surface area (Å²) in [5, 5.41) is 1.35. The van der Waals surface area contributed by atoms with E-state index in [9.17, 15) is 0 Å². The zero-order valence-corrected chi connectivity index (χ0v) is 17.5. The number of benzene rings is 2. The van der Waals surface area contributed by atoms with Crippen LogP contribution in [0.5, 0.6) is 0 Å². The third-order valence-corrected chi connectivity index (χ3v) is 4.00. The molecule has 2 aromatic carbocycles. The van der Waals surface area contributed by atoms with Crippen LogP contribution in [-0.2, 0) is 12.8 Å². The number of hydrogen-bond acceptors (Lipinski definition) is 0. The average molecular weight is 367 g/mol. The maximum Gasteiger partial charge on any atom is 0.0624 e. The van der Waals surface area contributed by atoms with Crippen molar-refractivity contribution in [1.29, 1.82) is 0 Å². The largest absolute Gasteiger partial charge is 0.0827 e. The topological polar surface area (TPSA) is 0 Å². The third kappa shape index (κ3) is 10.0. The molecule has 0 aromatic heterocycles. The van der Waals surface area contributed by atoms with Crippen molar-refractivity contribution in [1.82, 2.24) is 0 Å². The zero-order valence-electron chi connectivity index (χ0n) is 15.9. The second-order valence-corrected chi connectivity index (χ2v) is 7.18. The smallest absolute Gasteiger partial charge is 0.0624 e. The van der Waals surface area contributed by atoms with Gasteiger partial charge >= 0.3 is 0 Å². The van der Waals surface area contributed by atoms with Crippen molar-refractivity contribution in [2.45, 2.75) is 54.4 Å². The van der Waals surface area contributed by atoms with Crippen LogP contribution in [0.2, 0.25) is 10.0 Å². The highest BCUT2D eigenvalue weighted by Crippen LogP contribution is 2.27. The normalized spacial score (nSPS) is 9.92. The highest BCUT2D eigenvalue weighted by molar-refractivity contribution is 6.42. The molecule has 0 radical (unpaired) electrons. The number of hydrogen-bond donors (Lipinski definition) is 0. The van der Waals surface area contributed by atoms with Crippen LogP contribution in [0.1, 0.15) is 52.7 Å². The van der Waals surface area contributed by atoms with Gasteiger partial charge in [0.15, 0.2) is 0 Å². The van der Waals surface area contributed by atoms with Crippen LogP contribution in [0.15, 0.2) is 48.5 Å². The summed E-state index contributed by atoms with van der Waals surface area (Å²) in [7, 11) is 0. The first kappa shape index (κ1) is 23.0. The molecule has 0 aliphatic rings. The fourth-order valence-electron chi connectivity index (χ4n) is 2.23. The Morgan fingerprint density at radius 1 is 0.708 bits per heavy atom. The van der Waals surface area contributed by atoms with E-state index in [4.69, 9.17) is 23.2 Å². The molecule has 0 spiro atoms. The van der Waals surface area contributed by atoms with Crippen LogP contribution in [0.3, 0.4) is 0 Å². The summed E-state index contributed by atoms with van der Waals surface area (Å²) in [5.74, 6) is 1.38. The number of rotatable bonds is 4. The lowest BCUT2D eigenvalue weighted by molar-refractivity contribution is 0.647. The van der Waals surface area contributed by atoms with Crippen molar-refractivity contribution in [3.8, 4) is 0 Å². The van der Waals surface area contributed by atoms with Crippen LogP contribution in [-0.4, -0.2) is 0 Å². The molecule has 0 unspecified atom stereocenters. The van der Waals surface area contributed by atoms with Crippen LogP contribution in [0.4, 0.5) is 0 Å². The van der Waals surface area contributed by atoms with E-state index in [1.165, 1.54) is 12.0 Å². The molecule has 2 rings (SSSR count). The molecule has 0 saturated heterocycles. The Bertz CT molecular complexity index is 545. The Morgan fingerprint density at radius 2 is 1.25 bits per heavy atom. The van der Waals surface area contributed by atoms with E-state index in [-0.39, 0.29) is 0 Å². The summed E-state index contributed by atoms with van der Waals surface area (Å²) in [6.45, 7) is 12.8. The molecule has 134 valence electrons. The molecule has 2 aromatic rings. The van der Waals surface area contributed by atoms with Crippen molar-refractivity contribution < 1.29 is 0 Å². The van der Waals surface area contributed by atoms with E-state index in [1.54, 1.807) is 0 Å². The second-order valence-electron chi connectivity index (χ2n) is 6.39. The van der Waals surface area contributed by atoms with Gasteiger partial charge in [-0.05, 0) is 41.9 Å². The van der Waals surface area contributed by atoms with Crippen LogP contribution < -0.4 is 0 Å². The molecule has 0 atom stereocenters. The van der Waals surface area contributed by atoms with Crippen molar-refractivity contribution >= 4 is 23.2 Å². The maximum atomic E-state index is 6.01. The van der Waals surface area contributed by atoms with Gasteiger partial charge in [0.1, 0.15) is 0 Å². The molecular formula is C22H32Cl2. The quantitative estimate of drug-likeness (QED) is 0.512. The number of halogens is 2. The van der Waals surface area contributed by atoms with Gasteiger partial charge < -0.3 is 0 Å². The molecule has 0 bridgehead atoms. The summed E-state index contributed by atoms with van der Waals surface area (Å²) >= 11 is 11.9. The Balaban J connectivity index is 0.000000405. The maximum absolute atomic E-state index is 6.01. The lowest BCUT2D eigenvalue weighted by atomic mass is 10.0. The minimum absolute atomic E-state index is 0.612. The van der Waals surface area contributed by atoms with Gasteiger partial charge in [-0.15, -0.1) is 0 Å². The SMILES string of the molecule is CC.CC(C)Cc1cccc(Cl)c1Cl.CC(C)Cc1ccccc1. The van der Waals surface area contributed by atoms with E-state index in [1.807, 2.05) is 32.0 Å². The van der Waals surface area contributed by atoms with Gasteiger partial charge in [0.05, 0.1) is 10.0 Å². The van der Waals surface area contributed by atoms with Gasteiger partial charge in [0.25, 0.3) is 0 Å².